The Labute approximate surface area is 105 Å². The molecule has 0 unspecified atom stereocenters. The second kappa shape index (κ2) is 7.66. The largest absolute Gasteiger partial charge is 0.490 e. The third-order valence-electron chi connectivity index (χ3n) is 2.13. The van der Waals surface area contributed by atoms with Gasteiger partial charge in [-0.15, -0.1) is 0 Å². The van der Waals surface area contributed by atoms with Crippen molar-refractivity contribution in [2.24, 2.45) is 5.73 Å². The summed E-state index contributed by atoms with van der Waals surface area (Å²) in [7, 11) is 0. The first-order valence-electron chi connectivity index (χ1n) is 5.75. The van der Waals surface area contributed by atoms with Gasteiger partial charge in [0.2, 0.25) is 0 Å². The highest BCUT2D eigenvalue weighted by atomic mass is 19.3. The van der Waals surface area contributed by atoms with Crippen molar-refractivity contribution in [3.63, 3.8) is 0 Å². The molecule has 0 bridgehead atoms. The molecule has 3 nitrogen and oxygen atoms in total. The van der Waals surface area contributed by atoms with E-state index in [1.807, 2.05) is 12.2 Å². The Kier molecular flexibility index (Phi) is 6.14. The van der Waals surface area contributed by atoms with Crippen molar-refractivity contribution in [1.29, 1.82) is 0 Å². The fourth-order valence-electron chi connectivity index (χ4n) is 1.41. The predicted octanol–water partition coefficient (Wildman–Crippen LogP) is 3.05. The molecule has 0 heterocycles. The van der Waals surface area contributed by atoms with Gasteiger partial charge in [-0.05, 0) is 37.6 Å². The topological polar surface area (TPSA) is 44.5 Å². The normalized spacial score (nSPS) is 11.2. The van der Waals surface area contributed by atoms with Crippen LogP contribution in [0.25, 0.3) is 6.08 Å². The van der Waals surface area contributed by atoms with Crippen LogP contribution in [0.1, 0.15) is 18.9 Å². The van der Waals surface area contributed by atoms with Crippen LogP contribution >= 0.6 is 0 Å². The van der Waals surface area contributed by atoms with Crippen LogP contribution in [0.5, 0.6) is 11.5 Å². The summed E-state index contributed by atoms with van der Waals surface area (Å²) in [5.74, 6) is 0.357. The predicted molar refractivity (Wildman–Crippen MR) is 66.9 cm³/mol. The molecule has 0 radical (unpaired) electrons. The highest BCUT2D eigenvalue weighted by Gasteiger charge is 2.10. The number of hydrogen-bond donors (Lipinski definition) is 1. The molecular weight excluding hydrogens is 240 g/mol. The molecule has 0 saturated carbocycles. The van der Waals surface area contributed by atoms with Gasteiger partial charge < -0.3 is 15.2 Å². The van der Waals surface area contributed by atoms with Crippen LogP contribution in [-0.2, 0) is 0 Å². The summed E-state index contributed by atoms with van der Waals surface area (Å²) < 4.78 is 34.0. The summed E-state index contributed by atoms with van der Waals surface area (Å²) in [5.41, 5.74) is 6.23. The van der Waals surface area contributed by atoms with E-state index in [1.54, 1.807) is 19.1 Å². The lowest BCUT2D eigenvalue weighted by Crippen LogP contribution is -2.04. The van der Waals surface area contributed by atoms with E-state index in [0.29, 0.717) is 18.9 Å². The molecule has 0 amide bonds. The summed E-state index contributed by atoms with van der Waals surface area (Å²) in [6.07, 6.45) is 4.54. The lowest BCUT2D eigenvalue weighted by Gasteiger charge is -2.11. The van der Waals surface area contributed by atoms with Gasteiger partial charge in [-0.1, -0.05) is 18.2 Å². The number of halogens is 2. The first kappa shape index (κ1) is 14.4. The maximum atomic E-state index is 12.2. The van der Waals surface area contributed by atoms with E-state index in [2.05, 4.69) is 4.74 Å². The SMILES string of the molecule is CCOc1cc(C=CCCN)ccc1OC(F)F. The summed E-state index contributed by atoms with van der Waals surface area (Å²) in [4.78, 5) is 0. The van der Waals surface area contributed by atoms with Gasteiger partial charge in [-0.2, -0.15) is 8.78 Å². The third-order valence-corrected chi connectivity index (χ3v) is 2.13. The fourth-order valence-corrected chi connectivity index (χ4v) is 1.41. The monoisotopic (exact) mass is 257 g/mol. The van der Waals surface area contributed by atoms with E-state index in [4.69, 9.17) is 10.5 Å². The molecule has 100 valence electrons. The standard InChI is InChI=1S/C13H17F2NO2/c1-2-17-12-9-10(5-3-4-8-16)6-7-11(12)18-13(14)15/h3,5-7,9,13H,2,4,8,16H2,1H3. The lowest BCUT2D eigenvalue weighted by molar-refractivity contribution is -0.0514. The highest BCUT2D eigenvalue weighted by Crippen LogP contribution is 2.30. The Balaban J connectivity index is 2.87. The first-order chi connectivity index (χ1) is 8.67. The number of alkyl halides is 2. The molecule has 0 aliphatic rings. The van der Waals surface area contributed by atoms with Gasteiger partial charge in [0, 0.05) is 0 Å². The molecule has 5 heteroatoms. The Morgan fingerprint density at radius 3 is 2.72 bits per heavy atom. The zero-order valence-corrected chi connectivity index (χ0v) is 10.2. The van der Waals surface area contributed by atoms with Crippen LogP contribution in [0.2, 0.25) is 0 Å². The van der Waals surface area contributed by atoms with Gasteiger partial charge >= 0.3 is 6.61 Å². The number of nitrogens with two attached hydrogens (primary N) is 1. The number of benzene rings is 1. The van der Waals surface area contributed by atoms with E-state index < -0.39 is 6.61 Å². The molecular formula is C13H17F2NO2. The van der Waals surface area contributed by atoms with Gasteiger partial charge in [0.05, 0.1) is 6.61 Å². The zero-order valence-electron chi connectivity index (χ0n) is 10.2. The fraction of sp³-hybridized carbons (Fsp3) is 0.385. The van der Waals surface area contributed by atoms with Gasteiger partial charge in [-0.3, -0.25) is 0 Å². The summed E-state index contributed by atoms with van der Waals surface area (Å²) in [6, 6.07) is 4.82. The molecule has 0 fully saturated rings. The molecule has 2 N–H and O–H groups in total. The Hall–Kier alpha value is -1.62. The van der Waals surface area contributed by atoms with E-state index in [-0.39, 0.29) is 5.75 Å². The second-order valence-corrected chi connectivity index (χ2v) is 3.50. The Morgan fingerprint density at radius 1 is 1.33 bits per heavy atom. The second-order valence-electron chi connectivity index (χ2n) is 3.50. The van der Waals surface area contributed by atoms with Crippen LogP contribution in [0.4, 0.5) is 8.78 Å². The van der Waals surface area contributed by atoms with E-state index in [1.165, 1.54) is 6.07 Å². The van der Waals surface area contributed by atoms with Gasteiger partial charge in [0.15, 0.2) is 11.5 Å². The smallest absolute Gasteiger partial charge is 0.387 e. The van der Waals surface area contributed by atoms with Crippen LogP contribution in [0.15, 0.2) is 24.3 Å². The summed E-state index contributed by atoms with van der Waals surface area (Å²) >= 11 is 0. The number of hydrogen-bond acceptors (Lipinski definition) is 3. The summed E-state index contributed by atoms with van der Waals surface area (Å²) in [5, 5.41) is 0. The minimum Gasteiger partial charge on any atom is -0.490 e. The van der Waals surface area contributed by atoms with Crippen molar-refractivity contribution in [2.75, 3.05) is 13.2 Å². The van der Waals surface area contributed by atoms with Crippen LogP contribution < -0.4 is 15.2 Å². The quantitative estimate of drug-likeness (QED) is 0.816. The van der Waals surface area contributed by atoms with Gasteiger partial charge in [-0.25, -0.2) is 0 Å². The van der Waals surface area contributed by atoms with E-state index in [9.17, 15) is 8.78 Å². The van der Waals surface area contributed by atoms with Crippen molar-refractivity contribution in [1.82, 2.24) is 0 Å². The van der Waals surface area contributed by atoms with Crippen LogP contribution in [-0.4, -0.2) is 19.8 Å². The van der Waals surface area contributed by atoms with Gasteiger partial charge in [0.25, 0.3) is 0 Å². The number of ether oxygens (including phenoxy) is 2. The Bertz CT molecular complexity index is 395. The molecule has 0 aromatic heterocycles. The van der Waals surface area contributed by atoms with Crippen LogP contribution in [0, 0.1) is 0 Å². The average Bonchev–Trinajstić information content (AvgIpc) is 2.32. The highest BCUT2D eigenvalue weighted by molar-refractivity contribution is 5.55. The first-order valence-corrected chi connectivity index (χ1v) is 5.75. The van der Waals surface area contributed by atoms with Crippen molar-refractivity contribution < 1.29 is 18.3 Å². The van der Waals surface area contributed by atoms with Crippen molar-refractivity contribution in [3.8, 4) is 11.5 Å². The minimum absolute atomic E-state index is 0.0443. The molecule has 18 heavy (non-hydrogen) atoms. The van der Waals surface area contributed by atoms with Crippen molar-refractivity contribution in [2.45, 2.75) is 20.0 Å². The van der Waals surface area contributed by atoms with Crippen molar-refractivity contribution in [3.05, 3.63) is 29.8 Å². The molecule has 0 aliphatic heterocycles. The molecule has 0 saturated heterocycles. The Morgan fingerprint density at radius 2 is 2.11 bits per heavy atom. The lowest BCUT2D eigenvalue weighted by atomic mass is 10.1. The maximum Gasteiger partial charge on any atom is 0.387 e. The molecule has 0 spiro atoms. The van der Waals surface area contributed by atoms with E-state index >= 15 is 0 Å². The van der Waals surface area contributed by atoms with Crippen LogP contribution in [0.3, 0.4) is 0 Å². The number of rotatable bonds is 7. The molecule has 0 atom stereocenters. The summed E-state index contributed by atoms with van der Waals surface area (Å²) in [6.45, 7) is -0.122. The zero-order chi connectivity index (χ0) is 13.4. The molecule has 1 rings (SSSR count). The average molecular weight is 257 g/mol. The molecule has 0 aliphatic carbocycles. The van der Waals surface area contributed by atoms with E-state index in [0.717, 1.165) is 12.0 Å². The molecule has 1 aromatic rings. The minimum atomic E-state index is -2.86. The maximum absolute atomic E-state index is 12.2. The van der Waals surface area contributed by atoms with Gasteiger partial charge in [0.1, 0.15) is 0 Å². The third kappa shape index (κ3) is 4.71. The molecule has 1 aromatic carbocycles. The van der Waals surface area contributed by atoms with Crippen molar-refractivity contribution >= 4 is 6.08 Å².